The lowest BCUT2D eigenvalue weighted by Crippen LogP contribution is -2.51. The summed E-state index contributed by atoms with van der Waals surface area (Å²) in [4.78, 5) is 29.7. The van der Waals surface area contributed by atoms with Crippen LogP contribution in [-0.2, 0) is 4.79 Å². The molecule has 1 aliphatic heterocycles. The van der Waals surface area contributed by atoms with E-state index >= 15 is 0 Å². The molecule has 2 aromatic carbocycles. The van der Waals surface area contributed by atoms with Crippen molar-refractivity contribution in [3.63, 3.8) is 0 Å². The highest BCUT2D eigenvalue weighted by molar-refractivity contribution is 6.30. The molecule has 160 valence electrons. The Morgan fingerprint density at radius 3 is 2.42 bits per heavy atom. The first kappa shape index (κ1) is 21.1. The number of carbonyl (C=O) groups is 1. The average Bonchev–Trinajstić information content (AvgIpc) is 2.81. The first-order chi connectivity index (χ1) is 14.9. The normalized spacial score (nSPS) is 15.1. The number of halogens is 1. The number of anilines is 1. The predicted octanol–water partition coefficient (Wildman–Crippen LogP) is 3.78. The molecule has 31 heavy (non-hydrogen) atoms. The molecule has 1 atom stereocenters. The zero-order valence-corrected chi connectivity index (χ0v) is 18.4. The molecule has 1 aromatic heterocycles. The second-order valence-electron chi connectivity index (χ2n) is 7.79. The summed E-state index contributed by atoms with van der Waals surface area (Å²) in [5.41, 5.74) is 3.54. The number of aryl methyl sites for hydroxylation is 1. The lowest BCUT2D eigenvalue weighted by Gasteiger charge is -2.37. The van der Waals surface area contributed by atoms with Crippen molar-refractivity contribution in [2.45, 2.75) is 19.9 Å². The largest absolute Gasteiger partial charge is 0.368 e. The summed E-state index contributed by atoms with van der Waals surface area (Å²) in [6.07, 6.45) is 0. The molecule has 4 rings (SSSR count). The van der Waals surface area contributed by atoms with E-state index in [1.54, 1.807) is 13.0 Å². The molecule has 1 saturated heterocycles. The molecule has 2 heterocycles. The van der Waals surface area contributed by atoms with E-state index in [9.17, 15) is 9.59 Å². The van der Waals surface area contributed by atoms with E-state index in [0.29, 0.717) is 36.9 Å². The van der Waals surface area contributed by atoms with Gasteiger partial charge in [-0.2, -0.15) is 5.10 Å². The number of carbonyl (C=O) groups excluding carboxylic acids is 1. The van der Waals surface area contributed by atoms with E-state index in [1.807, 2.05) is 53.4 Å². The summed E-state index contributed by atoms with van der Waals surface area (Å²) >= 11 is 6.17. The van der Waals surface area contributed by atoms with Gasteiger partial charge in [-0.15, -0.1) is 0 Å². The Hall–Kier alpha value is -3.12. The maximum atomic E-state index is 13.1. The first-order valence-electron chi connectivity index (χ1n) is 10.4. The van der Waals surface area contributed by atoms with Crippen molar-refractivity contribution < 1.29 is 4.79 Å². The molecule has 0 aliphatic carbocycles. The van der Waals surface area contributed by atoms with E-state index < -0.39 is 6.04 Å². The van der Waals surface area contributed by atoms with E-state index in [0.717, 1.165) is 16.8 Å². The Morgan fingerprint density at radius 2 is 1.71 bits per heavy atom. The minimum absolute atomic E-state index is 0.0951. The number of piperazine rings is 1. The monoisotopic (exact) mass is 436 g/mol. The highest BCUT2D eigenvalue weighted by atomic mass is 35.5. The maximum Gasteiger partial charge on any atom is 0.267 e. The molecule has 1 amide bonds. The Kier molecular flexibility index (Phi) is 6.09. The van der Waals surface area contributed by atoms with Crippen LogP contribution in [0, 0.1) is 6.92 Å². The fourth-order valence-electron chi connectivity index (χ4n) is 3.93. The van der Waals surface area contributed by atoms with Crippen LogP contribution in [0.25, 0.3) is 11.3 Å². The number of hydrogen-bond donors (Lipinski definition) is 0. The van der Waals surface area contributed by atoms with Crippen molar-refractivity contribution in [3.8, 4) is 11.3 Å². The molecule has 0 radical (unpaired) electrons. The molecular formula is C24H25ClN4O2. The zero-order chi connectivity index (χ0) is 22.0. The molecule has 0 N–H and O–H groups in total. The van der Waals surface area contributed by atoms with Gasteiger partial charge in [0.2, 0.25) is 5.91 Å². The predicted molar refractivity (Wildman–Crippen MR) is 124 cm³/mol. The summed E-state index contributed by atoms with van der Waals surface area (Å²) in [5, 5.41) is 5.18. The third kappa shape index (κ3) is 4.49. The van der Waals surface area contributed by atoms with Gasteiger partial charge in [0.25, 0.3) is 5.56 Å². The Morgan fingerprint density at radius 1 is 1.00 bits per heavy atom. The topological polar surface area (TPSA) is 58.4 Å². The molecule has 7 heteroatoms. The molecule has 0 saturated carbocycles. The van der Waals surface area contributed by atoms with Gasteiger partial charge in [-0.05, 0) is 37.6 Å². The maximum absolute atomic E-state index is 13.1. The number of nitrogens with zero attached hydrogens (tertiary/aromatic N) is 4. The van der Waals surface area contributed by atoms with Crippen LogP contribution in [0.2, 0.25) is 5.02 Å². The second-order valence-corrected chi connectivity index (χ2v) is 8.22. The first-order valence-corrected chi connectivity index (χ1v) is 10.8. The zero-order valence-electron chi connectivity index (χ0n) is 17.7. The number of amides is 1. The van der Waals surface area contributed by atoms with E-state index in [1.165, 1.54) is 10.7 Å². The molecule has 0 spiro atoms. The minimum atomic E-state index is -0.671. The second kappa shape index (κ2) is 8.94. The Bertz CT molecular complexity index is 1140. The fourth-order valence-corrected chi connectivity index (χ4v) is 4.09. The third-order valence-electron chi connectivity index (χ3n) is 5.72. The van der Waals surface area contributed by atoms with Gasteiger partial charge in [-0.1, -0.05) is 48.0 Å². The van der Waals surface area contributed by atoms with Crippen molar-refractivity contribution >= 4 is 23.2 Å². The number of rotatable bonds is 4. The van der Waals surface area contributed by atoms with Gasteiger partial charge >= 0.3 is 0 Å². The van der Waals surface area contributed by atoms with Crippen LogP contribution in [0.3, 0.4) is 0 Å². The highest BCUT2D eigenvalue weighted by Crippen LogP contribution is 2.26. The van der Waals surface area contributed by atoms with Crippen molar-refractivity contribution in [3.05, 3.63) is 81.6 Å². The van der Waals surface area contributed by atoms with Crippen LogP contribution in [0.4, 0.5) is 5.69 Å². The molecule has 1 unspecified atom stereocenters. The minimum Gasteiger partial charge on any atom is -0.368 e. The number of aromatic nitrogens is 2. The standard InChI is InChI=1S/C24H25ClN4O2/c1-17-8-9-20(25)16-22(17)27-12-14-28(15-13-27)24(31)18(2)29-23(30)11-10-21(26-29)19-6-4-3-5-7-19/h3-11,16,18H,12-15H2,1-2H3. The molecule has 6 nitrogen and oxygen atoms in total. The van der Waals surface area contributed by atoms with Gasteiger partial charge in [0.15, 0.2) is 0 Å². The van der Waals surface area contributed by atoms with Crippen LogP contribution in [0.1, 0.15) is 18.5 Å². The number of hydrogen-bond acceptors (Lipinski definition) is 4. The van der Waals surface area contributed by atoms with Crippen molar-refractivity contribution in [1.82, 2.24) is 14.7 Å². The third-order valence-corrected chi connectivity index (χ3v) is 5.96. The van der Waals surface area contributed by atoms with Gasteiger partial charge in [0, 0.05) is 48.5 Å². The average molecular weight is 437 g/mol. The van der Waals surface area contributed by atoms with E-state index in [-0.39, 0.29) is 11.5 Å². The summed E-state index contributed by atoms with van der Waals surface area (Å²) in [6.45, 7) is 6.39. The van der Waals surface area contributed by atoms with Crippen molar-refractivity contribution in [2.24, 2.45) is 0 Å². The van der Waals surface area contributed by atoms with Crippen LogP contribution in [0.15, 0.2) is 65.5 Å². The number of benzene rings is 2. The van der Waals surface area contributed by atoms with Gasteiger partial charge in [-0.3, -0.25) is 9.59 Å². The smallest absolute Gasteiger partial charge is 0.267 e. The lowest BCUT2D eigenvalue weighted by molar-refractivity contribution is -0.135. The lowest BCUT2D eigenvalue weighted by atomic mass is 10.1. The summed E-state index contributed by atoms with van der Waals surface area (Å²) in [7, 11) is 0. The van der Waals surface area contributed by atoms with Crippen LogP contribution >= 0.6 is 11.6 Å². The summed E-state index contributed by atoms with van der Waals surface area (Å²) in [5.74, 6) is -0.0951. The molecule has 0 bridgehead atoms. The Balaban J connectivity index is 1.48. The van der Waals surface area contributed by atoms with E-state index in [2.05, 4.69) is 16.9 Å². The van der Waals surface area contributed by atoms with Gasteiger partial charge in [0.1, 0.15) is 6.04 Å². The molecule has 3 aromatic rings. The molecule has 1 fully saturated rings. The summed E-state index contributed by atoms with van der Waals surface area (Å²) in [6, 6.07) is 18.0. The van der Waals surface area contributed by atoms with Crippen LogP contribution < -0.4 is 10.5 Å². The van der Waals surface area contributed by atoms with Crippen molar-refractivity contribution in [1.29, 1.82) is 0 Å². The van der Waals surface area contributed by atoms with Gasteiger partial charge in [0.05, 0.1) is 5.69 Å². The quantitative estimate of drug-likeness (QED) is 0.624. The van der Waals surface area contributed by atoms with Gasteiger partial charge < -0.3 is 9.80 Å². The molecular weight excluding hydrogens is 412 g/mol. The highest BCUT2D eigenvalue weighted by Gasteiger charge is 2.27. The fraction of sp³-hybridized carbons (Fsp3) is 0.292. The molecule has 1 aliphatic rings. The van der Waals surface area contributed by atoms with Crippen molar-refractivity contribution in [2.75, 3.05) is 31.1 Å². The Labute approximate surface area is 186 Å². The van der Waals surface area contributed by atoms with Gasteiger partial charge in [-0.25, -0.2) is 4.68 Å². The van der Waals surface area contributed by atoms with E-state index in [4.69, 9.17) is 11.6 Å². The van der Waals surface area contributed by atoms with Crippen LogP contribution in [-0.4, -0.2) is 46.8 Å². The van der Waals surface area contributed by atoms with Crippen LogP contribution in [0.5, 0.6) is 0 Å². The summed E-state index contributed by atoms with van der Waals surface area (Å²) < 4.78 is 1.29. The SMILES string of the molecule is Cc1ccc(Cl)cc1N1CCN(C(=O)C(C)n2nc(-c3ccccc3)ccc2=O)CC1.